The fraction of sp³-hybridized carbons (Fsp3) is 0.450. The molecule has 0 bridgehead atoms. The molecule has 1 atom stereocenters. The van der Waals surface area contributed by atoms with Gasteiger partial charge in [0, 0.05) is 6.61 Å². The highest BCUT2D eigenvalue weighted by atomic mass is 19.4. The van der Waals surface area contributed by atoms with Gasteiger partial charge in [-0.2, -0.15) is 18.3 Å². The summed E-state index contributed by atoms with van der Waals surface area (Å²) in [6.45, 7) is 4.02. The van der Waals surface area contributed by atoms with E-state index in [0.717, 1.165) is 25.0 Å². The Morgan fingerprint density at radius 1 is 1.19 bits per heavy atom. The molecule has 1 N–H and O–H groups in total. The van der Waals surface area contributed by atoms with E-state index in [1.165, 1.54) is 16.8 Å². The smallest absolute Gasteiger partial charge is 0.375 e. The van der Waals surface area contributed by atoms with Gasteiger partial charge in [-0.15, -0.1) is 0 Å². The maximum Gasteiger partial charge on any atom is 0.416 e. The second kappa shape index (κ2) is 9.13. The number of rotatable bonds is 8. The van der Waals surface area contributed by atoms with E-state index in [0.29, 0.717) is 12.2 Å². The van der Waals surface area contributed by atoms with Crippen molar-refractivity contribution in [3.05, 3.63) is 57.3 Å². The van der Waals surface area contributed by atoms with Gasteiger partial charge in [0.05, 0.1) is 18.2 Å². The highest BCUT2D eigenvalue weighted by molar-refractivity contribution is 5.77. The predicted octanol–water partition coefficient (Wildman–Crippen LogP) is 5.00. The monoisotopic (exact) mass is 444 g/mol. The summed E-state index contributed by atoms with van der Waals surface area (Å²) >= 11 is 0. The summed E-state index contributed by atoms with van der Waals surface area (Å²) in [7, 11) is 0. The van der Waals surface area contributed by atoms with Gasteiger partial charge in [0.1, 0.15) is 11.1 Å². The van der Waals surface area contributed by atoms with Crippen molar-refractivity contribution in [2.75, 3.05) is 6.61 Å². The van der Waals surface area contributed by atoms with Crippen molar-refractivity contribution in [1.29, 1.82) is 0 Å². The van der Waals surface area contributed by atoms with Gasteiger partial charge >= 0.3 is 6.18 Å². The zero-order valence-electron chi connectivity index (χ0n) is 16.8. The van der Waals surface area contributed by atoms with Crippen molar-refractivity contribution < 1.29 is 26.7 Å². The molecule has 0 radical (unpaired) electrons. The van der Waals surface area contributed by atoms with Gasteiger partial charge in [0.25, 0.3) is 12.0 Å². The number of aromatic nitrogens is 4. The molecule has 0 fully saturated rings. The van der Waals surface area contributed by atoms with Gasteiger partial charge in [-0.05, 0) is 31.0 Å². The Hall–Kier alpha value is -2.82. The molecule has 0 aliphatic heterocycles. The Balaban J connectivity index is 2.06. The zero-order valence-corrected chi connectivity index (χ0v) is 16.8. The van der Waals surface area contributed by atoms with E-state index in [1.807, 2.05) is 6.92 Å². The van der Waals surface area contributed by atoms with E-state index in [9.17, 15) is 26.7 Å². The SMILES string of the molecule is CCCCOCc1nn(C(C)c2ccc(C(F)(F)F)cc2)c2nc(C(F)F)[nH]c(=O)c12. The molecule has 3 rings (SSSR count). The maximum absolute atomic E-state index is 13.2. The lowest BCUT2D eigenvalue weighted by atomic mass is 10.1. The van der Waals surface area contributed by atoms with Crippen molar-refractivity contribution in [2.45, 2.75) is 51.9 Å². The van der Waals surface area contributed by atoms with Gasteiger partial charge in [0.2, 0.25) is 0 Å². The fourth-order valence-electron chi connectivity index (χ4n) is 3.11. The van der Waals surface area contributed by atoms with Crippen LogP contribution in [0.4, 0.5) is 22.0 Å². The van der Waals surface area contributed by atoms with Crippen molar-refractivity contribution in [2.24, 2.45) is 0 Å². The van der Waals surface area contributed by atoms with Crippen molar-refractivity contribution >= 4 is 11.0 Å². The molecular weight excluding hydrogens is 423 g/mol. The summed E-state index contributed by atoms with van der Waals surface area (Å²) in [5.41, 5.74) is -1.01. The van der Waals surface area contributed by atoms with Crippen molar-refractivity contribution in [1.82, 2.24) is 19.7 Å². The minimum absolute atomic E-state index is 0.0136. The quantitative estimate of drug-likeness (QED) is 0.392. The molecule has 6 nitrogen and oxygen atoms in total. The Morgan fingerprint density at radius 3 is 2.45 bits per heavy atom. The molecule has 0 spiro atoms. The number of fused-ring (bicyclic) bond motifs is 1. The number of alkyl halides is 5. The second-order valence-electron chi connectivity index (χ2n) is 7.04. The Kier molecular flexibility index (Phi) is 6.73. The number of nitrogens with zero attached hydrogens (tertiary/aromatic N) is 3. The van der Waals surface area contributed by atoms with Crippen LogP contribution in [0.1, 0.15) is 61.8 Å². The normalized spacial score (nSPS) is 13.3. The first kappa shape index (κ1) is 22.9. The first-order valence-corrected chi connectivity index (χ1v) is 9.67. The molecule has 1 aromatic carbocycles. The molecule has 0 aliphatic rings. The number of hydrogen-bond acceptors (Lipinski definition) is 4. The molecule has 11 heteroatoms. The lowest BCUT2D eigenvalue weighted by molar-refractivity contribution is -0.137. The molecule has 1 unspecified atom stereocenters. The van der Waals surface area contributed by atoms with E-state index >= 15 is 0 Å². The molecule has 0 saturated carbocycles. The van der Waals surface area contributed by atoms with E-state index in [1.54, 1.807) is 6.92 Å². The van der Waals surface area contributed by atoms with Crippen LogP contribution in [0.25, 0.3) is 11.0 Å². The molecule has 0 saturated heterocycles. The second-order valence-corrected chi connectivity index (χ2v) is 7.04. The van der Waals surface area contributed by atoms with Crippen LogP contribution >= 0.6 is 0 Å². The standard InChI is InChI=1S/C20H21F5N4O2/c1-3-4-9-31-10-14-15-18(26-17(16(21)22)27-19(15)30)29(28-14)11(2)12-5-7-13(8-6-12)20(23,24)25/h5-8,11,16H,3-4,9-10H2,1-2H3,(H,26,27,30). The van der Waals surface area contributed by atoms with Crippen LogP contribution in [0, 0.1) is 0 Å². The van der Waals surface area contributed by atoms with Crippen LogP contribution in [0.5, 0.6) is 0 Å². The number of nitrogens with one attached hydrogen (secondary N) is 1. The molecule has 0 aliphatic carbocycles. The number of aromatic amines is 1. The van der Waals surface area contributed by atoms with Gasteiger partial charge in [-0.3, -0.25) is 4.79 Å². The third kappa shape index (κ3) is 4.92. The van der Waals surface area contributed by atoms with Gasteiger partial charge < -0.3 is 9.72 Å². The van der Waals surface area contributed by atoms with Crippen LogP contribution in [0.15, 0.2) is 29.1 Å². The van der Waals surface area contributed by atoms with Gasteiger partial charge in [-0.25, -0.2) is 18.4 Å². The Bertz CT molecular complexity index is 1090. The van der Waals surface area contributed by atoms with Crippen molar-refractivity contribution in [3.8, 4) is 0 Å². The number of halogens is 5. The van der Waals surface area contributed by atoms with E-state index in [4.69, 9.17) is 4.74 Å². The average molecular weight is 444 g/mol. The number of benzene rings is 1. The molecule has 2 heterocycles. The number of unbranched alkanes of at least 4 members (excludes halogenated alkanes) is 1. The summed E-state index contributed by atoms with van der Waals surface area (Å²) in [6.07, 6.45) is -5.79. The van der Waals surface area contributed by atoms with Crippen LogP contribution < -0.4 is 5.56 Å². The minimum atomic E-state index is -4.48. The maximum atomic E-state index is 13.2. The van der Waals surface area contributed by atoms with Crippen molar-refractivity contribution in [3.63, 3.8) is 0 Å². The highest BCUT2D eigenvalue weighted by Gasteiger charge is 2.30. The summed E-state index contributed by atoms with van der Waals surface area (Å²) < 4.78 is 71.7. The number of ether oxygens (including phenoxy) is 1. The first-order valence-electron chi connectivity index (χ1n) is 9.67. The third-order valence-corrected chi connectivity index (χ3v) is 4.83. The first-order chi connectivity index (χ1) is 14.6. The molecule has 168 valence electrons. The van der Waals surface area contributed by atoms with Gasteiger partial charge in [-0.1, -0.05) is 25.5 Å². The molecule has 31 heavy (non-hydrogen) atoms. The summed E-state index contributed by atoms with van der Waals surface area (Å²) in [4.78, 5) is 18.4. The van der Waals surface area contributed by atoms with Crippen LogP contribution in [0.3, 0.4) is 0 Å². The number of H-pyrrole nitrogens is 1. The lowest BCUT2D eigenvalue weighted by Gasteiger charge is -2.15. The van der Waals surface area contributed by atoms with Crippen LogP contribution in [-0.2, 0) is 17.5 Å². The van der Waals surface area contributed by atoms with E-state index < -0.39 is 35.6 Å². The Morgan fingerprint density at radius 2 is 1.87 bits per heavy atom. The summed E-state index contributed by atoms with van der Waals surface area (Å²) in [5, 5.41) is 4.35. The largest absolute Gasteiger partial charge is 0.416 e. The zero-order chi connectivity index (χ0) is 22.8. The Labute approximate surface area is 174 Å². The van der Waals surface area contributed by atoms with Crippen LogP contribution in [0.2, 0.25) is 0 Å². The van der Waals surface area contributed by atoms with Gasteiger partial charge in [0.15, 0.2) is 11.5 Å². The fourth-order valence-corrected chi connectivity index (χ4v) is 3.11. The number of hydrogen-bond donors (Lipinski definition) is 1. The third-order valence-electron chi connectivity index (χ3n) is 4.83. The summed E-state index contributed by atoms with van der Waals surface area (Å²) in [5.74, 6) is -0.809. The predicted molar refractivity (Wildman–Crippen MR) is 103 cm³/mol. The molecule has 0 amide bonds. The lowest BCUT2D eigenvalue weighted by Crippen LogP contribution is -2.15. The minimum Gasteiger partial charge on any atom is -0.375 e. The highest BCUT2D eigenvalue weighted by Crippen LogP contribution is 2.31. The average Bonchev–Trinajstić information content (AvgIpc) is 3.09. The van der Waals surface area contributed by atoms with E-state index in [2.05, 4.69) is 15.1 Å². The summed E-state index contributed by atoms with van der Waals surface area (Å²) in [6, 6.07) is 3.74. The molecule has 2 aromatic heterocycles. The topological polar surface area (TPSA) is 72.8 Å². The molecular formula is C20H21F5N4O2. The van der Waals surface area contributed by atoms with E-state index in [-0.39, 0.29) is 23.3 Å². The molecule has 3 aromatic rings. The van der Waals surface area contributed by atoms with Crippen LogP contribution in [-0.4, -0.2) is 26.4 Å².